The van der Waals surface area contributed by atoms with Gasteiger partial charge < -0.3 is 10.7 Å². The van der Waals surface area contributed by atoms with E-state index in [2.05, 4.69) is 69.8 Å². The van der Waals surface area contributed by atoms with E-state index in [1.54, 1.807) is 42.4 Å². The molecule has 0 radical (unpaired) electrons. The van der Waals surface area contributed by atoms with Gasteiger partial charge in [0.2, 0.25) is 0 Å². The van der Waals surface area contributed by atoms with Gasteiger partial charge in [-0.2, -0.15) is 10.2 Å². The number of aromatic nitrogens is 10. The van der Waals surface area contributed by atoms with E-state index in [-0.39, 0.29) is 0 Å². The van der Waals surface area contributed by atoms with E-state index in [9.17, 15) is 0 Å². The molecule has 1 fully saturated rings. The summed E-state index contributed by atoms with van der Waals surface area (Å²) in [5.41, 5.74) is 7.07. The van der Waals surface area contributed by atoms with Crippen molar-refractivity contribution in [2.45, 2.75) is 46.6 Å². The van der Waals surface area contributed by atoms with Gasteiger partial charge in [-0.1, -0.05) is 33.6 Å². The van der Waals surface area contributed by atoms with E-state index in [1.165, 1.54) is 19.1 Å². The Hall–Kier alpha value is -5.13. The quantitative estimate of drug-likeness (QED) is 0.250. The molecule has 0 amide bonds. The lowest BCUT2D eigenvalue weighted by Crippen LogP contribution is -2.00. The molecule has 0 bridgehead atoms. The van der Waals surface area contributed by atoms with Crippen LogP contribution in [0.1, 0.15) is 67.3 Å². The van der Waals surface area contributed by atoms with Gasteiger partial charge in [-0.15, -0.1) is 0 Å². The molecule has 5 aromatic heterocycles. The predicted octanol–water partition coefficient (Wildman–Crippen LogP) is 5.61. The number of anilines is 1. The fraction of sp³-hybridized carbons (Fsp3) is 0.300. The second-order valence-corrected chi connectivity index (χ2v) is 8.92. The molecule has 0 aliphatic heterocycles. The average Bonchev–Trinajstić information content (AvgIpc) is 3.67. The Bertz CT molecular complexity index is 1710. The number of nitrogens with one attached hydrogen (secondary N) is 2. The Balaban J connectivity index is 0.000000169. The third-order valence-electron chi connectivity index (χ3n) is 6.10. The van der Waals surface area contributed by atoms with Crippen LogP contribution >= 0.6 is 0 Å². The van der Waals surface area contributed by atoms with Gasteiger partial charge in [0.05, 0.1) is 41.7 Å². The minimum Gasteiger partial charge on any atom is -0.385 e. The highest BCUT2D eigenvalue weighted by molar-refractivity contribution is 5.83. The van der Waals surface area contributed by atoms with Crippen LogP contribution in [0.4, 0.5) is 5.69 Å². The lowest BCUT2D eigenvalue weighted by atomic mass is 10.3. The molecule has 5 heterocycles. The van der Waals surface area contributed by atoms with E-state index in [0.717, 1.165) is 39.1 Å². The zero-order valence-electron chi connectivity index (χ0n) is 25.1. The minimum atomic E-state index is 0.535. The second kappa shape index (κ2) is 14.5. The molecule has 0 unspecified atom stereocenters. The number of hydrogen-bond acceptors (Lipinski definition) is 10. The minimum absolute atomic E-state index is 0.535. The highest BCUT2D eigenvalue weighted by Crippen LogP contribution is 2.36. The molecular formula is C30H38N12. The molecule has 42 heavy (non-hydrogen) atoms. The van der Waals surface area contributed by atoms with Crippen molar-refractivity contribution in [2.24, 2.45) is 7.05 Å². The van der Waals surface area contributed by atoms with Crippen LogP contribution in [0.5, 0.6) is 0 Å². The number of rotatable bonds is 6. The van der Waals surface area contributed by atoms with Crippen molar-refractivity contribution in [1.82, 2.24) is 49.5 Å². The van der Waals surface area contributed by atoms with E-state index in [4.69, 9.17) is 5.41 Å². The molecule has 0 saturated heterocycles. The Morgan fingerprint density at radius 3 is 1.88 bits per heavy atom. The lowest BCUT2D eigenvalue weighted by molar-refractivity contribution is 0.662. The Kier molecular flexibility index (Phi) is 10.8. The highest BCUT2D eigenvalue weighted by atomic mass is 15.3. The summed E-state index contributed by atoms with van der Waals surface area (Å²) in [7, 11) is 3.64. The second-order valence-electron chi connectivity index (χ2n) is 8.92. The van der Waals surface area contributed by atoms with Gasteiger partial charge in [0.25, 0.3) is 0 Å². The first-order chi connectivity index (χ1) is 20.3. The molecule has 218 valence electrons. The van der Waals surface area contributed by atoms with Gasteiger partial charge in [-0.25, -0.2) is 29.9 Å². The fourth-order valence-corrected chi connectivity index (χ4v) is 4.05. The summed E-state index contributed by atoms with van der Waals surface area (Å²) in [6, 6.07) is 0.569. The first kappa shape index (κ1) is 31.4. The normalized spacial score (nSPS) is 11.7. The molecule has 12 heteroatoms. The Morgan fingerprint density at radius 1 is 0.810 bits per heavy atom. The van der Waals surface area contributed by atoms with Gasteiger partial charge in [0.1, 0.15) is 27.8 Å². The zero-order valence-corrected chi connectivity index (χ0v) is 25.1. The van der Waals surface area contributed by atoms with Crippen molar-refractivity contribution in [3.63, 3.8) is 0 Å². The molecule has 1 aliphatic rings. The molecule has 6 rings (SSSR count). The summed E-state index contributed by atoms with van der Waals surface area (Å²) in [5, 5.41) is 18.4. The third kappa shape index (κ3) is 7.14. The number of aryl methyl sites for hydroxylation is 3. The topological polar surface area (TPSA) is 149 Å². The van der Waals surface area contributed by atoms with Crippen LogP contribution in [0, 0.1) is 19.3 Å². The maximum Gasteiger partial charge on any atom is 0.152 e. The first-order valence-corrected chi connectivity index (χ1v) is 13.6. The smallest absolute Gasteiger partial charge is 0.152 e. The van der Waals surface area contributed by atoms with Gasteiger partial charge in [0.15, 0.2) is 17.5 Å². The third-order valence-corrected chi connectivity index (χ3v) is 6.10. The summed E-state index contributed by atoms with van der Waals surface area (Å²) in [6.07, 6.45) is 13.7. The van der Waals surface area contributed by atoms with Crippen LogP contribution < -0.4 is 5.32 Å². The van der Waals surface area contributed by atoms with E-state index in [1.807, 2.05) is 40.9 Å². The monoisotopic (exact) mass is 566 g/mol. The van der Waals surface area contributed by atoms with Crippen molar-refractivity contribution < 1.29 is 0 Å². The van der Waals surface area contributed by atoms with Gasteiger partial charge in [0, 0.05) is 20.3 Å². The molecule has 1 aliphatic carbocycles. The molecule has 1 saturated carbocycles. The van der Waals surface area contributed by atoms with Crippen molar-refractivity contribution in [2.75, 3.05) is 12.4 Å². The van der Waals surface area contributed by atoms with Gasteiger partial charge >= 0.3 is 0 Å². The molecular weight excluding hydrogens is 528 g/mol. The first-order valence-electron chi connectivity index (χ1n) is 13.6. The molecule has 0 aromatic carbocycles. The molecule has 5 aromatic rings. The maximum atomic E-state index is 7.07. The van der Waals surface area contributed by atoms with E-state index in [0.29, 0.717) is 29.2 Å². The van der Waals surface area contributed by atoms with Crippen LogP contribution in [0.25, 0.3) is 40.3 Å². The summed E-state index contributed by atoms with van der Waals surface area (Å²) in [6.45, 7) is 18.8. The van der Waals surface area contributed by atoms with E-state index >= 15 is 0 Å². The maximum absolute atomic E-state index is 7.07. The molecule has 2 N–H and O–H groups in total. The Labute approximate surface area is 245 Å². The van der Waals surface area contributed by atoms with Crippen LogP contribution in [0.2, 0.25) is 0 Å². The Morgan fingerprint density at radius 2 is 1.36 bits per heavy atom. The van der Waals surface area contributed by atoms with Crippen molar-refractivity contribution in [3.8, 4) is 0 Å². The standard InChI is InChI=1S/C11H12N4.C9H10N4.C8H10N4.C2H6/c1-3-10-13-7(2)11-9(14-10)6-12-15(11)8-4-5-8;1-4-8-11-6(2)9-7(12-8)5-10-13(9)3;1-3-8-11-5-7(10-2)6(4-9)12-8;1-2/h3,6,8H,1,4-5H2,2H3;4-5H,1H2,2-3H3;3-5,9-10H,1H2,2H3;1-2H3. The highest BCUT2D eigenvalue weighted by Gasteiger charge is 2.27. The number of fused-ring (bicyclic) bond motifs is 2. The van der Waals surface area contributed by atoms with Crippen molar-refractivity contribution >= 4 is 52.2 Å². The van der Waals surface area contributed by atoms with Gasteiger partial charge in [-0.3, -0.25) is 9.36 Å². The summed E-state index contributed by atoms with van der Waals surface area (Å²) in [5.74, 6) is 1.86. The fourth-order valence-electron chi connectivity index (χ4n) is 4.05. The zero-order chi connectivity index (χ0) is 30.8. The van der Waals surface area contributed by atoms with Crippen LogP contribution in [0.15, 0.2) is 38.3 Å². The molecule has 12 nitrogen and oxygen atoms in total. The predicted molar refractivity (Wildman–Crippen MR) is 170 cm³/mol. The van der Waals surface area contributed by atoms with E-state index < -0.39 is 0 Å². The average molecular weight is 567 g/mol. The number of hydrogen-bond donors (Lipinski definition) is 2. The lowest BCUT2D eigenvalue weighted by Gasteiger charge is -2.03. The summed E-state index contributed by atoms with van der Waals surface area (Å²) in [4.78, 5) is 25.3. The number of nitrogens with zero attached hydrogens (tertiary/aromatic N) is 10. The summed E-state index contributed by atoms with van der Waals surface area (Å²) >= 11 is 0. The van der Waals surface area contributed by atoms with Crippen LogP contribution in [-0.2, 0) is 7.05 Å². The van der Waals surface area contributed by atoms with Crippen molar-refractivity contribution in [1.29, 1.82) is 5.41 Å². The molecule has 0 atom stereocenters. The van der Waals surface area contributed by atoms with Crippen LogP contribution in [-0.4, -0.2) is 62.7 Å². The van der Waals surface area contributed by atoms with Crippen LogP contribution in [0.3, 0.4) is 0 Å². The summed E-state index contributed by atoms with van der Waals surface area (Å²) < 4.78 is 3.83. The van der Waals surface area contributed by atoms with Crippen molar-refractivity contribution in [3.05, 3.63) is 72.9 Å². The SMILES string of the molecule is C=Cc1nc(C)c2c(cnn2C)n1.C=Cc1nc(C)c2c(cnn2C2CC2)n1.C=Cc1ncc(NC)c(C=N)n1.CC. The molecule has 0 spiro atoms. The van der Waals surface area contributed by atoms with Gasteiger partial charge in [-0.05, 0) is 44.9 Å². The largest absolute Gasteiger partial charge is 0.385 e.